The average Bonchev–Trinajstić information content (AvgIpc) is 2.39. The van der Waals surface area contributed by atoms with Crippen LogP contribution in [0.25, 0.3) is 11.1 Å². The first kappa shape index (κ1) is 12.4. The number of carbonyl (C=O) groups excluding carboxylic acids is 1. The lowest BCUT2D eigenvalue weighted by Gasteiger charge is -2.08. The minimum absolute atomic E-state index is 0.0209. The summed E-state index contributed by atoms with van der Waals surface area (Å²) in [5.41, 5.74) is 3.58. The first-order chi connectivity index (χ1) is 8.61. The summed E-state index contributed by atoms with van der Waals surface area (Å²) in [7, 11) is 0. The molecule has 0 fully saturated rings. The van der Waals surface area contributed by atoms with Gasteiger partial charge in [-0.05, 0) is 34.7 Å². The van der Waals surface area contributed by atoms with Crippen molar-refractivity contribution in [3.63, 3.8) is 0 Å². The van der Waals surface area contributed by atoms with Crippen LogP contribution in [0.3, 0.4) is 0 Å². The summed E-state index contributed by atoms with van der Waals surface area (Å²) in [6.45, 7) is 4.31. The molecule has 2 nitrogen and oxygen atoms in total. The Morgan fingerprint density at radius 3 is 2.17 bits per heavy atom. The SMILES string of the molecule is CC(C)c1ccc(-c2ccc(O)c(C=O)c2)cc1. The van der Waals surface area contributed by atoms with Crippen molar-refractivity contribution in [3.05, 3.63) is 53.6 Å². The predicted octanol–water partition coefficient (Wildman–Crippen LogP) is 4.00. The number of carbonyl (C=O) groups is 1. The molecule has 0 aromatic heterocycles. The van der Waals surface area contributed by atoms with E-state index < -0.39 is 0 Å². The van der Waals surface area contributed by atoms with Crippen molar-refractivity contribution >= 4 is 6.29 Å². The maximum atomic E-state index is 10.8. The quantitative estimate of drug-likeness (QED) is 0.823. The maximum Gasteiger partial charge on any atom is 0.153 e. The van der Waals surface area contributed by atoms with Crippen molar-refractivity contribution < 1.29 is 9.90 Å². The van der Waals surface area contributed by atoms with Gasteiger partial charge in [0.25, 0.3) is 0 Å². The highest BCUT2D eigenvalue weighted by atomic mass is 16.3. The van der Waals surface area contributed by atoms with Crippen molar-refractivity contribution in [1.29, 1.82) is 0 Å². The number of phenolic OH excluding ortho intramolecular Hbond substituents is 1. The van der Waals surface area contributed by atoms with E-state index in [1.54, 1.807) is 12.1 Å². The largest absolute Gasteiger partial charge is 0.507 e. The van der Waals surface area contributed by atoms with Gasteiger partial charge in [-0.3, -0.25) is 4.79 Å². The molecule has 0 atom stereocenters. The number of hydrogen-bond acceptors (Lipinski definition) is 2. The molecule has 2 rings (SSSR count). The Hall–Kier alpha value is -2.09. The fourth-order valence-corrected chi connectivity index (χ4v) is 1.89. The van der Waals surface area contributed by atoms with E-state index in [1.807, 2.05) is 18.2 Å². The van der Waals surface area contributed by atoms with Crippen LogP contribution in [-0.4, -0.2) is 11.4 Å². The minimum atomic E-state index is 0.0209. The first-order valence-corrected chi connectivity index (χ1v) is 6.00. The molecular formula is C16H16O2. The van der Waals surface area contributed by atoms with Gasteiger partial charge in [0, 0.05) is 0 Å². The molecule has 0 aliphatic rings. The van der Waals surface area contributed by atoms with E-state index in [2.05, 4.69) is 26.0 Å². The third kappa shape index (κ3) is 2.43. The summed E-state index contributed by atoms with van der Waals surface area (Å²) in [5, 5.41) is 9.47. The Bertz CT molecular complexity index is 554. The van der Waals surface area contributed by atoms with Gasteiger partial charge in [0.05, 0.1) is 5.56 Å². The second kappa shape index (κ2) is 5.05. The van der Waals surface area contributed by atoms with Crippen LogP contribution < -0.4 is 0 Å². The van der Waals surface area contributed by atoms with Crippen LogP contribution in [-0.2, 0) is 0 Å². The lowest BCUT2D eigenvalue weighted by atomic mass is 9.98. The molecule has 0 spiro atoms. The summed E-state index contributed by atoms with van der Waals surface area (Å²) in [6.07, 6.45) is 0.668. The second-order valence-corrected chi connectivity index (χ2v) is 4.67. The number of hydrogen-bond donors (Lipinski definition) is 1. The van der Waals surface area contributed by atoms with Crippen molar-refractivity contribution in [2.45, 2.75) is 19.8 Å². The number of phenols is 1. The molecule has 2 aromatic rings. The fraction of sp³-hybridized carbons (Fsp3) is 0.188. The molecule has 0 radical (unpaired) electrons. The number of aromatic hydroxyl groups is 1. The Balaban J connectivity index is 2.39. The van der Waals surface area contributed by atoms with Crippen molar-refractivity contribution in [2.75, 3.05) is 0 Å². The van der Waals surface area contributed by atoms with E-state index >= 15 is 0 Å². The average molecular weight is 240 g/mol. The Morgan fingerprint density at radius 2 is 1.61 bits per heavy atom. The molecule has 0 bridgehead atoms. The summed E-state index contributed by atoms with van der Waals surface area (Å²) in [5.74, 6) is 0.525. The van der Waals surface area contributed by atoms with Crippen molar-refractivity contribution in [2.24, 2.45) is 0 Å². The summed E-state index contributed by atoms with van der Waals surface area (Å²) in [4.78, 5) is 10.8. The highest BCUT2D eigenvalue weighted by Gasteiger charge is 2.04. The molecule has 1 N–H and O–H groups in total. The second-order valence-electron chi connectivity index (χ2n) is 4.67. The number of aldehydes is 1. The molecule has 0 saturated heterocycles. The molecule has 0 saturated carbocycles. The van der Waals surface area contributed by atoms with Gasteiger partial charge in [-0.25, -0.2) is 0 Å². The third-order valence-corrected chi connectivity index (χ3v) is 3.07. The van der Waals surface area contributed by atoms with Crippen LogP contribution in [0.1, 0.15) is 35.7 Å². The lowest BCUT2D eigenvalue weighted by molar-refractivity contribution is 0.112. The standard InChI is InChI=1S/C16H16O2/c1-11(2)12-3-5-13(6-4-12)14-7-8-16(18)15(9-14)10-17/h3-11,18H,1-2H3. The Labute approximate surface area is 107 Å². The zero-order valence-electron chi connectivity index (χ0n) is 10.6. The maximum absolute atomic E-state index is 10.8. The molecule has 0 amide bonds. The minimum Gasteiger partial charge on any atom is -0.507 e. The molecule has 92 valence electrons. The van der Waals surface area contributed by atoms with Gasteiger partial charge >= 0.3 is 0 Å². The van der Waals surface area contributed by atoms with Crippen LogP contribution >= 0.6 is 0 Å². The Kier molecular flexibility index (Phi) is 3.47. The van der Waals surface area contributed by atoms with Gasteiger partial charge in [-0.1, -0.05) is 44.2 Å². The van der Waals surface area contributed by atoms with Gasteiger partial charge < -0.3 is 5.11 Å². The Morgan fingerprint density at radius 1 is 1.00 bits per heavy atom. The summed E-state index contributed by atoms with van der Waals surface area (Å²) < 4.78 is 0. The summed E-state index contributed by atoms with van der Waals surface area (Å²) >= 11 is 0. The van der Waals surface area contributed by atoms with Crippen LogP contribution in [0, 0.1) is 0 Å². The van der Waals surface area contributed by atoms with Crippen LogP contribution in [0.5, 0.6) is 5.75 Å². The van der Waals surface area contributed by atoms with Gasteiger partial charge in [0.2, 0.25) is 0 Å². The van der Waals surface area contributed by atoms with E-state index in [0.29, 0.717) is 17.8 Å². The smallest absolute Gasteiger partial charge is 0.153 e. The third-order valence-electron chi connectivity index (χ3n) is 3.07. The number of benzene rings is 2. The topological polar surface area (TPSA) is 37.3 Å². The van der Waals surface area contributed by atoms with E-state index in [-0.39, 0.29) is 5.75 Å². The van der Waals surface area contributed by atoms with Crippen LogP contribution in [0.4, 0.5) is 0 Å². The zero-order chi connectivity index (χ0) is 13.1. The molecule has 0 aliphatic heterocycles. The van der Waals surface area contributed by atoms with Crippen molar-refractivity contribution in [3.8, 4) is 16.9 Å². The first-order valence-electron chi connectivity index (χ1n) is 6.00. The van der Waals surface area contributed by atoms with E-state index in [4.69, 9.17) is 0 Å². The van der Waals surface area contributed by atoms with E-state index in [0.717, 1.165) is 11.1 Å². The monoisotopic (exact) mass is 240 g/mol. The molecule has 18 heavy (non-hydrogen) atoms. The molecule has 0 heterocycles. The van der Waals surface area contributed by atoms with Gasteiger partial charge in [-0.2, -0.15) is 0 Å². The zero-order valence-corrected chi connectivity index (χ0v) is 10.6. The van der Waals surface area contributed by atoms with Gasteiger partial charge in [0.15, 0.2) is 6.29 Å². The van der Waals surface area contributed by atoms with Gasteiger partial charge in [0.1, 0.15) is 5.75 Å². The fourth-order valence-electron chi connectivity index (χ4n) is 1.89. The van der Waals surface area contributed by atoms with Crippen molar-refractivity contribution in [1.82, 2.24) is 0 Å². The predicted molar refractivity (Wildman–Crippen MR) is 73.0 cm³/mol. The van der Waals surface area contributed by atoms with Crippen LogP contribution in [0.15, 0.2) is 42.5 Å². The lowest BCUT2D eigenvalue weighted by Crippen LogP contribution is -1.88. The molecule has 0 aliphatic carbocycles. The molecule has 2 aromatic carbocycles. The molecular weight excluding hydrogens is 224 g/mol. The molecule has 0 unspecified atom stereocenters. The normalized spacial score (nSPS) is 10.6. The van der Waals surface area contributed by atoms with E-state index in [9.17, 15) is 9.90 Å². The molecule has 2 heteroatoms. The highest BCUT2D eigenvalue weighted by Crippen LogP contribution is 2.26. The van der Waals surface area contributed by atoms with Crippen LogP contribution in [0.2, 0.25) is 0 Å². The van der Waals surface area contributed by atoms with Gasteiger partial charge in [-0.15, -0.1) is 0 Å². The summed E-state index contributed by atoms with van der Waals surface area (Å²) in [6, 6.07) is 13.3. The highest BCUT2D eigenvalue weighted by molar-refractivity contribution is 5.82. The van der Waals surface area contributed by atoms with E-state index in [1.165, 1.54) is 5.56 Å². The number of rotatable bonds is 3.